The number of thiophene rings is 1. The van der Waals surface area contributed by atoms with E-state index < -0.39 is 11.9 Å². The summed E-state index contributed by atoms with van der Waals surface area (Å²) in [5, 5.41) is 7.48. The zero-order chi connectivity index (χ0) is 33.6. The van der Waals surface area contributed by atoms with Crippen molar-refractivity contribution in [3.63, 3.8) is 0 Å². The van der Waals surface area contributed by atoms with E-state index in [1.807, 2.05) is 25.2 Å². The Morgan fingerprint density at radius 2 is 1.77 bits per heavy atom. The zero-order valence-corrected chi connectivity index (χ0v) is 29.8. The Morgan fingerprint density at radius 3 is 2.36 bits per heavy atom. The highest BCUT2D eigenvalue weighted by Gasteiger charge is 2.49. The van der Waals surface area contributed by atoms with E-state index in [0.717, 1.165) is 58.2 Å². The number of carbonyl (C=O) groups is 3. The summed E-state index contributed by atoms with van der Waals surface area (Å²) in [6.07, 6.45) is 6.20. The second-order valence-electron chi connectivity index (χ2n) is 15.7. The van der Waals surface area contributed by atoms with Crippen molar-refractivity contribution in [3.8, 4) is 11.3 Å². The summed E-state index contributed by atoms with van der Waals surface area (Å²) in [5.74, 6) is 0.538. The predicted octanol–water partition coefficient (Wildman–Crippen LogP) is 5.98. The number of nitrogens with one attached hydrogen (secondary N) is 3. The van der Waals surface area contributed by atoms with E-state index in [1.54, 1.807) is 0 Å². The van der Waals surface area contributed by atoms with Crippen LogP contribution in [-0.4, -0.2) is 59.3 Å². The van der Waals surface area contributed by atoms with Gasteiger partial charge in [0.15, 0.2) is 0 Å². The van der Waals surface area contributed by atoms with Crippen LogP contribution in [0.1, 0.15) is 87.8 Å². The number of nitrogens with two attached hydrogens (primary N) is 1. The Kier molecular flexibility index (Phi) is 9.60. The van der Waals surface area contributed by atoms with E-state index in [0.29, 0.717) is 18.4 Å². The molecule has 1 aromatic carbocycles. The normalized spacial score (nSPS) is 22.7. The average molecular weight is 660 g/mol. The molecule has 1 aliphatic carbocycles. The lowest BCUT2D eigenvalue weighted by Gasteiger charge is -2.32. The first kappa shape index (κ1) is 33.7. The van der Waals surface area contributed by atoms with Gasteiger partial charge in [0.2, 0.25) is 17.7 Å². The van der Waals surface area contributed by atoms with Crippen molar-refractivity contribution in [1.29, 1.82) is 0 Å². The number of aromatic amines is 1. The number of fused-ring (bicyclic) bond motifs is 3. The molecule has 3 fully saturated rings. The molecule has 6 rings (SSSR count). The number of carbonyl (C=O) groups excluding carboxylic acids is 3. The van der Waals surface area contributed by atoms with Gasteiger partial charge in [-0.3, -0.25) is 14.4 Å². The summed E-state index contributed by atoms with van der Waals surface area (Å²) in [6, 6.07) is 8.93. The van der Waals surface area contributed by atoms with Gasteiger partial charge in [-0.2, -0.15) is 0 Å². The molecular formula is C38H53N5O3S. The summed E-state index contributed by atoms with van der Waals surface area (Å²) >= 11 is 1.87. The molecule has 2 saturated heterocycles. The van der Waals surface area contributed by atoms with Gasteiger partial charge in [-0.25, -0.2) is 0 Å². The lowest BCUT2D eigenvalue weighted by Crippen LogP contribution is -2.49. The van der Waals surface area contributed by atoms with Gasteiger partial charge in [-0.05, 0) is 118 Å². The van der Waals surface area contributed by atoms with E-state index in [4.69, 9.17) is 5.73 Å². The van der Waals surface area contributed by atoms with E-state index >= 15 is 0 Å². The van der Waals surface area contributed by atoms with Crippen LogP contribution < -0.4 is 16.4 Å². The van der Waals surface area contributed by atoms with Gasteiger partial charge in [0.1, 0.15) is 10.9 Å². The van der Waals surface area contributed by atoms with E-state index in [2.05, 4.69) is 72.5 Å². The molecular weight excluding hydrogens is 607 g/mol. The third kappa shape index (κ3) is 7.16. The maximum Gasteiger partial charge on any atom is 0.240 e. The van der Waals surface area contributed by atoms with Crippen LogP contribution in [0.3, 0.4) is 0 Å². The van der Waals surface area contributed by atoms with Gasteiger partial charge in [0.25, 0.3) is 0 Å². The molecule has 5 N–H and O–H groups in total. The summed E-state index contributed by atoms with van der Waals surface area (Å²) in [5.41, 5.74) is 11.9. The molecule has 1 saturated carbocycles. The highest BCUT2D eigenvalue weighted by Crippen LogP contribution is 2.48. The van der Waals surface area contributed by atoms with Crippen molar-refractivity contribution < 1.29 is 14.4 Å². The number of benzene rings is 1. The topological polar surface area (TPSA) is 120 Å². The van der Waals surface area contributed by atoms with Gasteiger partial charge in [0.05, 0.1) is 5.69 Å². The number of hydrogen-bond acceptors (Lipinski definition) is 5. The molecule has 3 amide bonds. The largest absolute Gasteiger partial charge is 0.368 e. The molecule has 2 aromatic heterocycles. The van der Waals surface area contributed by atoms with Gasteiger partial charge < -0.3 is 26.3 Å². The zero-order valence-electron chi connectivity index (χ0n) is 29.0. The third-order valence-corrected chi connectivity index (χ3v) is 12.4. The number of hydrogen-bond donors (Lipinski definition) is 4. The van der Waals surface area contributed by atoms with Crippen LogP contribution in [-0.2, 0) is 26.2 Å². The SMILES string of the molecule is Cc1cc(C)cc(-c2[nH]c3sc(C(C)(C)CC4C5CCC4C(=O)N5)cc3c2CCN2CCC(C(=O)NC(CC(C)C)C(N)=O)CC2)c1. The lowest BCUT2D eigenvalue weighted by atomic mass is 9.78. The first-order chi connectivity index (χ1) is 22.3. The van der Waals surface area contributed by atoms with Crippen molar-refractivity contribution in [3.05, 3.63) is 45.8 Å². The van der Waals surface area contributed by atoms with Gasteiger partial charge in [0, 0.05) is 34.7 Å². The molecule has 3 aliphatic rings. The monoisotopic (exact) mass is 659 g/mol. The number of likely N-dealkylation sites (tertiary alicyclic amines) is 1. The van der Waals surface area contributed by atoms with E-state index in [1.165, 1.54) is 43.0 Å². The number of piperidine rings is 2. The van der Waals surface area contributed by atoms with Crippen molar-refractivity contribution in [2.75, 3.05) is 19.6 Å². The Bertz CT molecular complexity index is 1630. The average Bonchev–Trinajstić information content (AvgIpc) is 3.74. The second kappa shape index (κ2) is 13.4. The Balaban J connectivity index is 1.18. The summed E-state index contributed by atoms with van der Waals surface area (Å²) in [6.45, 7) is 15.7. The van der Waals surface area contributed by atoms with Crippen molar-refractivity contribution in [2.24, 2.45) is 29.4 Å². The number of aryl methyl sites for hydroxylation is 2. The molecule has 47 heavy (non-hydrogen) atoms. The Labute approximate surface area is 283 Å². The molecule has 9 heteroatoms. The van der Waals surface area contributed by atoms with Crippen LogP contribution in [0.2, 0.25) is 0 Å². The molecule has 4 heterocycles. The molecule has 254 valence electrons. The minimum absolute atomic E-state index is 0.0230. The number of nitrogens with zero attached hydrogens (tertiary/aromatic N) is 1. The highest BCUT2D eigenvalue weighted by molar-refractivity contribution is 7.18. The van der Waals surface area contributed by atoms with Gasteiger partial charge in [-0.1, -0.05) is 44.9 Å². The molecule has 3 aromatic rings. The van der Waals surface area contributed by atoms with Crippen LogP contribution in [0.25, 0.3) is 21.5 Å². The molecule has 2 bridgehead atoms. The fraction of sp³-hybridized carbons (Fsp3) is 0.605. The second-order valence-corrected chi connectivity index (χ2v) is 16.8. The van der Waals surface area contributed by atoms with E-state index in [-0.39, 0.29) is 35.0 Å². The predicted molar refractivity (Wildman–Crippen MR) is 190 cm³/mol. The van der Waals surface area contributed by atoms with Crippen LogP contribution >= 0.6 is 11.3 Å². The standard InChI is InChI=1S/C38H53N5O3S/c1-21(2)15-31(34(39)44)41-35(45)24-9-12-43(13-10-24)14-11-26-28-19-32(38(5,6)20-29-27-7-8-30(29)40-36(27)46)47-37(28)42-33(26)25-17-22(3)16-23(4)18-25/h16-19,21,24,27,29-31,42H,7-15,20H2,1-6H3,(H2,39,44)(H,40,46)(H,41,45). The quantitative estimate of drug-likeness (QED) is 0.191. The fourth-order valence-corrected chi connectivity index (χ4v) is 9.72. The van der Waals surface area contributed by atoms with Gasteiger partial charge in [-0.15, -0.1) is 11.3 Å². The van der Waals surface area contributed by atoms with Crippen molar-refractivity contribution in [2.45, 2.75) is 104 Å². The molecule has 4 atom stereocenters. The van der Waals surface area contributed by atoms with Crippen LogP contribution in [0.4, 0.5) is 0 Å². The number of aromatic nitrogens is 1. The number of primary amides is 1. The molecule has 0 radical (unpaired) electrons. The maximum absolute atomic E-state index is 13.0. The molecule has 0 spiro atoms. The Morgan fingerprint density at radius 1 is 1.06 bits per heavy atom. The number of H-pyrrole nitrogens is 1. The minimum atomic E-state index is -0.604. The highest BCUT2D eigenvalue weighted by atomic mass is 32.1. The first-order valence-electron chi connectivity index (χ1n) is 17.6. The molecule has 4 unspecified atom stereocenters. The third-order valence-electron chi connectivity index (χ3n) is 11.0. The summed E-state index contributed by atoms with van der Waals surface area (Å²) in [7, 11) is 0. The van der Waals surface area contributed by atoms with Crippen LogP contribution in [0.15, 0.2) is 24.3 Å². The van der Waals surface area contributed by atoms with E-state index in [9.17, 15) is 14.4 Å². The van der Waals surface area contributed by atoms with Gasteiger partial charge >= 0.3 is 0 Å². The summed E-state index contributed by atoms with van der Waals surface area (Å²) < 4.78 is 0. The van der Waals surface area contributed by atoms with Crippen LogP contribution in [0.5, 0.6) is 0 Å². The van der Waals surface area contributed by atoms with Crippen molar-refractivity contribution >= 4 is 39.3 Å². The molecule has 8 nitrogen and oxygen atoms in total. The minimum Gasteiger partial charge on any atom is -0.368 e. The summed E-state index contributed by atoms with van der Waals surface area (Å²) in [4.78, 5) is 46.3. The Hall–Kier alpha value is -3.17. The maximum atomic E-state index is 13.0. The lowest BCUT2D eigenvalue weighted by molar-refractivity contribution is -0.131. The van der Waals surface area contributed by atoms with Crippen LogP contribution in [0, 0.1) is 37.5 Å². The van der Waals surface area contributed by atoms with Crippen molar-refractivity contribution in [1.82, 2.24) is 20.5 Å². The number of amides is 3. The molecule has 2 aliphatic heterocycles. The fourth-order valence-electron chi connectivity index (χ4n) is 8.52. The first-order valence-corrected chi connectivity index (χ1v) is 18.5. The number of rotatable bonds is 12. The smallest absolute Gasteiger partial charge is 0.240 e.